The molecule has 2 aliphatic carbocycles. The molecule has 23 heavy (non-hydrogen) atoms. The van der Waals surface area contributed by atoms with Crippen LogP contribution in [0, 0.1) is 17.3 Å². The monoisotopic (exact) mass is 316 g/mol. The molecule has 0 bridgehead atoms. The molecule has 0 N–H and O–H groups in total. The second-order valence-electron chi connectivity index (χ2n) is 8.32. The predicted octanol–water partition coefficient (Wildman–Crippen LogP) is 4.02. The Balaban J connectivity index is 2.03. The highest BCUT2D eigenvalue weighted by Gasteiger charge is 2.76. The highest BCUT2D eigenvalue weighted by atomic mass is 16.6. The highest BCUT2D eigenvalue weighted by molar-refractivity contribution is 5.97. The van der Waals surface area contributed by atoms with E-state index in [2.05, 4.69) is 40.3 Å². The van der Waals surface area contributed by atoms with E-state index in [1.807, 2.05) is 0 Å². The summed E-state index contributed by atoms with van der Waals surface area (Å²) >= 11 is 0. The van der Waals surface area contributed by atoms with E-state index >= 15 is 0 Å². The van der Waals surface area contributed by atoms with Crippen molar-refractivity contribution in [2.75, 3.05) is 0 Å². The van der Waals surface area contributed by atoms with Gasteiger partial charge in [0.2, 0.25) is 0 Å². The first-order valence-electron chi connectivity index (χ1n) is 8.78. The average Bonchev–Trinajstić information content (AvgIpc) is 3.06. The standard InChI is InChI=1S/C20H28O3/c1-12(2)18-16(22)11-19(5)10-15(21)14(4)8-6-7-13(3)9-17-20(18,19)23-17/h7,12,17-18H,4,6,8-11H2,1-3,5H3/b13-7+/t17-,18+,19+,20+/m1/s1. The van der Waals surface area contributed by atoms with Crippen molar-refractivity contribution in [2.45, 2.75) is 71.5 Å². The Hall–Kier alpha value is -1.22. The fourth-order valence-corrected chi connectivity index (χ4v) is 5.00. The number of carbonyl (C=O) groups excluding carboxylic acids is 2. The molecule has 3 aliphatic rings. The summed E-state index contributed by atoms with van der Waals surface area (Å²) in [5, 5.41) is 0. The molecular weight excluding hydrogens is 288 g/mol. The maximum Gasteiger partial charge on any atom is 0.158 e. The molecular formula is C20H28O3. The zero-order valence-corrected chi connectivity index (χ0v) is 14.8. The van der Waals surface area contributed by atoms with Crippen molar-refractivity contribution < 1.29 is 14.3 Å². The van der Waals surface area contributed by atoms with E-state index in [4.69, 9.17) is 4.74 Å². The van der Waals surface area contributed by atoms with Crippen LogP contribution in [0.4, 0.5) is 0 Å². The minimum atomic E-state index is -0.451. The summed E-state index contributed by atoms with van der Waals surface area (Å²) in [5.41, 5.74) is 1.13. The molecule has 3 nitrogen and oxygen atoms in total. The van der Waals surface area contributed by atoms with Crippen LogP contribution in [0.5, 0.6) is 0 Å². The molecule has 4 atom stereocenters. The molecule has 1 aliphatic heterocycles. The van der Waals surface area contributed by atoms with Crippen LogP contribution in [0.25, 0.3) is 0 Å². The van der Waals surface area contributed by atoms with Gasteiger partial charge in [0.05, 0.1) is 12.0 Å². The van der Waals surface area contributed by atoms with Gasteiger partial charge in [0.15, 0.2) is 5.78 Å². The molecule has 3 rings (SSSR count). The van der Waals surface area contributed by atoms with E-state index in [0.29, 0.717) is 24.8 Å². The summed E-state index contributed by atoms with van der Waals surface area (Å²) in [7, 11) is 0. The summed E-state index contributed by atoms with van der Waals surface area (Å²) in [6.45, 7) is 12.4. The summed E-state index contributed by atoms with van der Waals surface area (Å²) in [6.07, 6.45) is 5.54. The lowest BCUT2D eigenvalue weighted by molar-refractivity contribution is -0.122. The minimum absolute atomic E-state index is 0.0711. The Morgan fingerprint density at radius 2 is 2.00 bits per heavy atom. The lowest BCUT2D eigenvalue weighted by Gasteiger charge is -2.32. The van der Waals surface area contributed by atoms with Crippen molar-refractivity contribution in [2.24, 2.45) is 17.3 Å². The van der Waals surface area contributed by atoms with E-state index < -0.39 is 11.0 Å². The molecule has 3 heteroatoms. The number of epoxide rings is 1. The zero-order chi connectivity index (χ0) is 17.0. The molecule has 1 saturated carbocycles. The highest BCUT2D eigenvalue weighted by Crippen LogP contribution is 2.66. The van der Waals surface area contributed by atoms with Gasteiger partial charge in [-0.25, -0.2) is 0 Å². The number of hydrogen-bond acceptors (Lipinski definition) is 3. The van der Waals surface area contributed by atoms with Gasteiger partial charge in [0.1, 0.15) is 11.4 Å². The lowest BCUT2D eigenvalue weighted by Crippen LogP contribution is -2.41. The lowest BCUT2D eigenvalue weighted by atomic mass is 9.68. The fraction of sp³-hybridized carbons (Fsp3) is 0.700. The number of ether oxygens (including phenoxy) is 1. The maximum atomic E-state index is 12.7. The van der Waals surface area contributed by atoms with Gasteiger partial charge < -0.3 is 4.74 Å². The Labute approximate surface area is 139 Å². The second-order valence-corrected chi connectivity index (χ2v) is 8.32. The van der Waals surface area contributed by atoms with Gasteiger partial charge >= 0.3 is 0 Å². The largest absolute Gasteiger partial charge is 0.364 e. The van der Waals surface area contributed by atoms with E-state index in [1.54, 1.807) is 0 Å². The molecule has 0 aromatic rings. The van der Waals surface area contributed by atoms with Gasteiger partial charge in [-0.3, -0.25) is 9.59 Å². The first-order chi connectivity index (χ1) is 10.7. The molecule has 2 fully saturated rings. The number of ketones is 2. The summed E-state index contributed by atoms with van der Waals surface area (Å²) in [5.74, 6) is 0.516. The van der Waals surface area contributed by atoms with Crippen LogP contribution < -0.4 is 0 Å². The SMILES string of the molecule is C=C1CC/C=C(\C)C[C@H]2O[C@]23[C@@H](C(C)C)C(=O)C[C@]3(C)CC1=O. The predicted molar refractivity (Wildman–Crippen MR) is 90.0 cm³/mol. The van der Waals surface area contributed by atoms with Crippen LogP contribution in [0.15, 0.2) is 23.8 Å². The second kappa shape index (κ2) is 5.41. The van der Waals surface area contributed by atoms with Crippen molar-refractivity contribution in [3.63, 3.8) is 0 Å². The van der Waals surface area contributed by atoms with Gasteiger partial charge in [0, 0.05) is 18.3 Å². The van der Waals surface area contributed by atoms with Gasteiger partial charge in [-0.2, -0.15) is 0 Å². The molecule has 0 unspecified atom stereocenters. The summed E-state index contributed by atoms with van der Waals surface area (Å²) in [6, 6.07) is 0. The van der Waals surface area contributed by atoms with E-state index in [9.17, 15) is 9.59 Å². The van der Waals surface area contributed by atoms with Crippen LogP contribution in [-0.2, 0) is 14.3 Å². The van der Waals surface area contributed by atoms with Crippen LogP contribution in [0.2, 0.25) is 0 Å². The van der Waals surface area contributed by atoms with Gasteiger partial charge in [-0.1, -0.05) is 39.0 Å². The molecule has 0 amide bonds. The van der Waals surface area contributed by atoms with Gasteiger partial charge in [0.25, 0.3) is 0 Å². The van der Waals surface area contributed by atoms with E-state index in [-0.39, 0.29) is 29.5 Å². The fourth-order valence-electron chi connectivity index (χ4n) is 5.00. The van der Waals surface area contributed by atoms with Gasteiger partial charge in [-0.15, -0.1) is 0 Å². The molecule has 1 saturated heterocycles. The third-order valence-corrected chi connectivity index (χ3v) is 6.13. The Kier molecular flexibility index (Phi) is 3.91. The van der Waals surface area contributed by atoms with Crippen molar-refractivity contribution in [1.29, 1.82) is 0 Å². The third-order valence-electron chi connectivity index (χ3n) is 6.13. The zero-order valence-electron chi connectivity index (χ0n) is 14.8. The number of allylic oxidation sites excluding steroid dienone is 2. The van der Waals surface area contributed by atoms with Crippen LogP contribution in [0.3, 0.4) is 0 Å². The Morgan fingerprint density at radius 3 is 2.65 bits per heavy atom. The third kappa shape index (κ3) is 2.44. The minimum Gasteiger partial charge on any atom is -0.364 e. The summed E-state index contributed by atoms with van der Waals surface area (Å²) < 4.78 is 6.26. The van der Waals surface area contributed by atoms with Gasteiger partial charge in [-0.05, 0) is 37.7 Å². The summed E-state index contributed by atoms with van der Waals surface area (Å²) in [4.78, 5) is 25.4. The first-order valence-corrected chi connectivity index (χ1v) is 8.78. The molecule has 0 radical (unpaired) electrons. The van der Waals surface area contributed by atoms with Crippen LogP contribution in [-0.4, -0.2) is 23.3 Å². The topological polar surface area (TPSA) is 46.7 Å². The number of Topliss-reactive ketones (excluding diaryl/α,β-unsaturated/α-hetero) is 2. The van der Waals surface area contributed by atoms with E-state index in [0.717, 1.165) is 12.8 Å². The average molecular weight is 316 g/mol. The number of rotatable bonds is 1. The van der Waals surface area contributed by atoms with Crippen molar-refractivity contribution in [3.05, 3.63) is 23.8 Å². The molecule has 126 valence electrons. The molecule has 1 heterocycles. The molecule has 1 spiro atoms. The Morgan fingerprint density at radius 1 is 1.30 bits per heavy atom. The van der Waals surface area contributed by atoms with Crippen molar-refractivity contribution in [3.8, 4) is 0 Å². The first kappa shape index (κ1) is 16.6. The maximum absolute atomic E-state index is 12.7. The van der Waals surface area contributed by atoms with Crippen molar-refractivity contribution >= 4 is 11.6 Å². The van der Waals surface area contributed by atoms with Crippen LogP contribution in [0.1, 0.15) is 59.8 Å². The molecule has 0 aromatic heterocycles. The number of hydrogen-bond donors (Lipinski definition) is 0. The normalized spacial score (nSPS) is 43.5. The number of carbonyl (C=O) groups is 2. The quantitative estimate of drug-likeness (QED) is 0.417. The van der Waals surface area contributed by atoms with Crippen molar-refractivity contribution in [1.82, 2.24) is 0 Å². The molecule has 0 aromatic carbocycles. The smallest absolute Gasteiger partial charge is 0.158 e. The Bertz CT molecular complexity index is 600. The van der Waals surface area contributed by atoms with E-state index in [1.165, 1.54) is 5.57 Å². The van der Waals surface area contributed by atoms with Crippen LogP contribution >= 0.6 is 0 Å².